The Balaban J connectivity index is 1.39. The lowest BCUT2D eigenvalue weighted by atomic mass is 10.0. The molecule has 2 aromatic carbocycles. The number of nitrogens with two attached hydrogens (primary N) is 2. The lowest BCUT2D eigenvalue weighted by Crippen LogP contribution is -2.50. The third-order valence-electron chi connectivity index (χ3n) is 7.02. The third kappa shape index (κ3) is 5.32. The van der Waals surface area contributed by atoms with E-state index in [4.69, 9.17) is 16.3 Å². The van der Waals surface area contributed by atoms with Gasteiger partial charge in [0.05, 0.1) is 30.0 Å². The van der Waals surface area contributed by atoms with Gasteiger partial charge in [0, 0.05) is 55.2 Å². The molecule has 1 saturated heterocycles. The number of Topliss-reactive ketones (excluding diaryl/α,β-unsaturated/α-hetero) is 1. The minimum absolute atomic E-state index is 0.155. The highest BCUT2D eigenvalue weighted by Gasteiger charge is 2.30. The number of nitrogens with one attached hydrogen (secondary N) is 2. The van der Waals surface area contributed by atoms with Crippen molar-refractivity contribution in [1.29, 1.82) is 0 Å². The minimum Gasteiger partial charge on any atom is -0.496 e. The molecule has 0 unspecified atom stereocenters. The molecule has 2 aromatic heterocycles. The van der Waals surface area contributed by atoms with E-state index < -0.39 is 17.6 Å². The molecule has 4 aromatic rings. The summed E-state index contributed by atoms with van der Waals surface area (Å²) in [7, 11) is 1.48. The number of hydrogen-bond donors (Lipinski definition) is 4. The van der Waals surface area contributed by atoms with Crippen molar-refractivity contribution >= 4 is 50.9 Å². The van der Waals surface area contributed by atoms with E-state index >= 15 is 0 Å². The molecule has 1 aliphatic rings. The number of amides is 2. The smallest absolute Gasteiger partial charge is 0.295 e. The number of ketones is 1. The van der Waals surface area contributed by atoms with Crippen LogP contribution in [0.5, 0.6) is 5.75 Å². The summed E-state index contributed by atoms with van der Waals surface area (Å²) in [5.41, 5.74) is 9.05. The van der Waals surface area contributed by atoms with Crippen LogP contribution in [0.2, 0.25) is 0 Å². The maximum Gasteiger partial charge on any atom is 0.295 e. The number of fused-ring (bicyclic) bond motifs is 2. The van der Waals surface area contributed by atoms with Gasteiger partial charge in [-0.05, 0) is 23.6 Å². The van der Waals surface area contributed by atoms with E-state index in [1.807, 2.05) is 30.3 Å². The minimum atomic E-state index is -0.666. The Morgan fingerprint density at radius 1 is 1.10 bits per heavy atom. The second-order valence-electron chi connectivity index (χ2n) is 9.55. The van der Waals surface area contributed by atoms with Crippen molar-refractivity contribution < 1.29 is 19.1 Å². The Morgan fingerprint density at radius 3 is 2.56 bits per heavy atom. The predicted octanol–water partition coefficient (Wildman–Crippen LogP) is 1.86. The number of H-pyrrole nitrogens is 1. The quantitative estimate of drug-likeness (QED) is 0.0638. The average molecular weight is 555 g/mol. The lowest BCUT2D eigenvalue weighted by Gasteiger charge is -2.35. The number of hydrogen-bond acceptors (Lipinski definition) is 8. The third-order valence-corrected chi connectivity index (χ3v) is 7.02. The van der Waals surface area contributed by atoms with Gasteiger partial charge in [-0.3, -0.25) is 14.4 Å². The Kier molecular flexibility index (Phi) is 7.66. The number of nitrogens with zero attached hydrogens (tertiary/aromatic N) is 4. The van der Waals surface area contributed by atoms with Crippen LogP contribution in [0.15, 0.2) is 72.1 Å². The fraction of sp³-hybridized carbons (Fsp3) is 0.207. The van der Waals surface area contributed by atoms with E-state index in [1.165, 1.54) is 13.3 Å². The molecule has 0 saturated carbocycles. The number of aromatic amines is 1. The summed E-state index contributed by atoms with van der Waals surface area (Å²) in [6.07, 6.45) is 3.10. The highest BCUT2D eigenvalue weighted by molar-refractivity contribution is 6.45. The summed E-state index contributed by atoms with van der Waals surface area (Å²) >= 11 is 0. The Morgan fingerprint density at radius 2 is 1.85 bits per heavy atom. The first-order valence-electron chi connectivity index (χ1n) is 12.9. The molecule has 0 aliphatic carbocycles. The fourth-order valence-corrected chi connectivity index (χ4v) is 5.07. The summed E-state index contributed by atoms with van der Waals surface area (Å²) in [6, 6.07) is 13.3. The van der Waals surface area contributed by atoms with Crippen LogP contribution in [0, 0.1) is 0 Å². The SMILES string of the molecule is C=C(CC(N)=O)N=C(NN)c1ccc(OC)c2c(C(=O)C(=O)N3CCN(c4nccc5ccccc45)CC3)c[nH]c12. The van der Waals surface area contributed by atoms with Crippen molar-refractivity contribution in [3.8, 4) is 5.75 Å². The second-order valence-corrected chi connectivity index (χ2v) is 9.55. The molecule has 41 heavy (non-hydrogen) atoms. The molecule has 210 valence electrons. The first kappa shape index (κ1) is 27.3. The Labute approximate surface area is 235 Å². The second kappa shape index (κ2) is 11.5. The number of benzene rings is 2. The number of methoxy groups -OCH3 is 1. The van der Waals surface area contributed by atoms with Gasteiger partial charge in [-0.1, -0.05) is 30.8 Å². The Bertz CT molecular complexity index is 1700. The summed E-state index contributed by atoms with van der Waals surface area (Å²) in [5.74, 6) is 5.30. The van der Waals surface area contributed by atoms with E-state index in [1.54, 1.807) is 23.2 Å². The Hall–Kier alpha value is -5.23. The largest absolute Gasteiger partial charge is 0.496 e. The first-order valence-corrected chi connectivity index (χ1v) is 12.9. The molecule has 12 heteroatoms. The standard InChI is InChI=1S/C29H30N8O4/c1-17(15-23(30)38)34-27(35-31)20-7-8-22(41-2)24-21(16-33-25(20)24)26(39)29(40)37-13-11-36(12-14-37)28-19-6-4-3-5-18(19)9-10-32-28/h3-10,16,33H,1,11-15,31H2,2H3,(H2,30,38)(H,34,35). The van der Waals surface area contributed by atoms with Crippen LogP contribution in [0.1, 0.15) is 22.3 Å². The zero-order valence-corrected chi connectivity index (χ0v) is 22.5. The van der Waals surface area contributed by atoms with Gasteiger partial charge in [0.25, 0.3) is 11.7 Å². The van der Waals surface area contributed by atoms with Gasteiger partial charge in [0.15, 0.2) is 0 Å². The van der Waals surface area contributed by atoms with Crippen molar-refractivity contribution in [3.63, 3.8) is 0 Å². The van der Waals surface area contributed by atoms with Gasteiger partial charge >= 0.3 is 0 Å². The maximum atomic E-state index is 13.5. The summed E-state index contributed by atoms with van der Waals surface area (Å²) in [4.78, 5) is 53.8. The van der Waals surface area contributed by atoms with E-state index in [0.29, 0.717) is 48.4 Å². The molecule has 0 radical (unpaired) electrons. The molecule has 12 nitrogen and oxygen atoms in total. The summed E-state index contributed by atoms with van der Waals surface area (Å²) in [6.45, 7) is 5.56. The van der Waals surface area contributed by atoms with Crippen LogP contribution in [-0.2, 0) is 9.59 Å². The number of pyridine rings is 1. The monoisotopic (exact) mass is 554 g/mol. The van der Waals surface area contributed by atoms with Crippen LogP contribution in [0.4, 0.5) is 5.82 Å². The number of amidine groups is 1. The molecular formula is C29H30N8O4. The first-order chi connectivity index (χ1) is 19.8. The number of primary amides is 1. The van der Waals surface area contributed by atoms with Crippen molar-refractivity contribution in [2.45, 2.75) is 6.42 Å². The normalized spacial score (nSPS) is 13.9. The number of anilines is 1. The van der Waals surface area contributed by atoms with Crippen LogP contribution >= 0.6 is 0 Å². The molecular weight excluding hydrogens is 524 g/mol. The van der Waals surface area contributed by atoms with Crippen LogP contribution in [0.25, 0.3) is 21.7 Å². The van der Waals surface area contributed by atoms with Gasteiger partial charge in [-0.25, -0.2) is 15.8 Å². The van der Waals surface area contributed by atoms with Crippen molar-refractivity contribution in [2.24, 2.45) is 16.6 Å². The number of carbonyl (C=O) groups is 3. The molecule has 0 atom stereocenters. The number of aliphatic imine (C=N–C) groups is 1. The van der Waals surface area contributed by atoms with Crippen LogP contribution < -0.4 is 26.6 Å². The summed E-state index contributed by atoms with van der Waals surface area (Å²) in [5, 5.41) is 2.54. The number of rotatable bonds is 8. The molecule has 5 rings (SSSR count). The van der Waals surface area contributed by atoms with Gasteiger partial charge in [-0.15, -0.1) is 0 Å². The number of hydrazine groups is 1. The van der Waals surface area contributed by atoms with Crippen molar-refractivity contribution in [3.05, 3.63) is 78.3 Å². The predicted molar refractivity (Wildman–Crippen MR) is 157 cm³/mol. The molecule has 0 bridgehead atoms. The van der Waals surface area contributed by atoms with E-state index in [2.05, 4.69) is 31.9 Å². The molecule has 0 spiro atoms. The molecule has 2 amide bonds. The summed E-state index contributed by atoms with van der Waals surface area (Å²) < 4.78 is 5.52. The average Bonchev–Trinajstić information content (AvgIpc) is 3.44. The number of carbonyl (C=O) groups excluding carboxylic acids is 3. The zero-order chi connectivity index (χ0) is 29.1. The number of ether oxygens (including phenoxy) is 1. The van der Waals surface area contributed by atoms with Gasteiger partial charge in [-0.2, -0.15) is 0 Å². The fourth-order valence-electron chi connectivity index (χ4n) is 5.07. The molecule has 1 aliphatic heterocycles. The zero-order valence-electron chi connectivity index (χ0n) is 22.5. The van der Waals surface area contributed by atoms with Gasteiger partial charge < -0.3 is 30.7 Å². The van der Waals surface area contributed by atoms with E-state index in [0.717, 1.165) is 16.6 Å². The number of piperazine rings is 1. The van der Waals surface area contributed by atoms with E-state index in [-0.39, 0.29) is 23.5 Å². The van der Waals surface area contributed by atoms with Crippen LogP contribution in [-0.4, -0.2) is 71.6 Å². The molecule has 6 N–H and O–H groups in total. The highest BCUT2D eigenvalue weighted by Crippen LogP contribution is 2.32. The molecule has 1 fully saturated rings. The van der Waals surface area contributed by atoms with Crippen LogP contribution in [0.3, 0.4) is 0 Å². The molecule has 3 heterocycles. The number of aromatic nitrogens is 2. The van der Waals surface area contributed by atoms with E-state index in [9.17, 15) is 14.4 Å². The topological polar surface area (TPSA) is 172 Å². The van der Waals surface area contributed by atoms with Gasteiger partial charge in [0.2, 0.25) is 5.91 Å². The van der Waals surface area contributed by atoms with Crippen molar-refractivity contribution in [2.75, 3.05) is 38.2 Å². The highest BCUT2D eigenvalue weighted by atomic mass is 16.5. The maximum absolute atomic E-state index is 13.5. The van der Waals surface area contributed by atoms with Gasteiger partial charge in [0.1, 0.15) is 17.4 Å². The van der Waals surface area contributed by atoms with Crippen molar-refractivity contribution in [1.82, 2.24) is 20.3 Å². The lowest BCUT2D eigenvalue weighted by molar-refractivity contribution is -0.126.